The molecule has 0 saturated heterocycles. The van der Waals surface area contributed by atoms with E-state index in [4.69, 9.17) is 24.9 Å². The molecule has 3 aromatic heterocycles. The zero-order valence-corrected chi connectivity index (χ0v) is 36.8. The highest BCUT2D eigenvalue weighted by atomic mass is 14.9. The lowest BCUT2D eigenvalue weighted by Gasteiger charge is -2.15. The van der Waals surface area contributed by atoms with Gasteiger partial charge in [-0.3, -0.25) is 0 Å². The Balaban J connectivity index is 0.978. The molecule has 0 saturated carbocycles. The Labute approximate surface area is 392 Å². The van der Waals surface area contributed by atoms with Crippen molar-refractivity contribution in [3.8, 4) is 78.8 Å². The zero-order valence-electron chi connectivity index (χ0n) is 36.8. The lowest BCUT2D eigenvalue weighted by atomic mass is 9.93. The van der Waals surface area contributed by atoms with Gasteiger partial charge in [0.1, 0.15) is 0 Å². The minimum absolute atomic E-state index is 0.664. The lowest BCUT2D eigenvalue weighted by molar-refractivity contribution is 1.23. The molecule has 0 fully saturated rings. The summed E-state index contributed by atoms with van der Waals surface area (Å²) in [5.41, 5.74) is 14.9. The predicted molar refractivity (Wildman–Crippen MR) is 281 cm³/mol. The second-order valence-corrected chi connectivity index (χ2v) is 17.2. The maximum absolute atomic E-state index is 5.42. The van der Waals surface area contributed by atoms with E-state index in [0.717, 1.165) is 116 Å². The fourth-order valence-corrected chi connectivity index (χ4v) is 9.68. The first-order chi connectivity index (χ1) is 33.7. The van der Waals surface area contributed by atoms with Crippen LogP contribution < -0.4 is 0 Å². The van der Waals surface area contributed by atoms with E-state index in [1.165, 1.54) is 5.39 Å². The molecule has 13 rings (SSSR count). The molecule has 5 heteroatoms. The van der Waals surface area contributed by atoms with Crippen molar-refractivity contribution >= 4 is 54.3 Å². The summed E-state index contributed by atoms with van der Waals surface area (Å²) >= 11 is 0. The second-order valence-electron chi connectivity index (χ2n) is 17.2. The fraction of sp³-hybridized carbons (Fsp3) is 0. The summed E-state index contributed by atoms with van der Waals surface area (Å²) in [5.74, 6) is 1.37. The standard InChI is InChI=1S/C63H39N5/c1-3-16-43(17-4-1)60-55-36-35-42-15-7-8-20-50(42)61(55)68-63(67-60)49-38-47(40-27-31-44(32-28-40)58-53-23-10-9-21-51(53)52-22-11-13-25-56(52)64-58)37-48(39-49)41-29-33-45(34-30-41)59-54-24-12-14-26-57(54)65-62(66-59)46-18-5-2-6-19-46/h1-39H. The van der Waals surface area contributed by atoms with Gasteiger partial charge in [-0.1, -0.05) is 200 Å². The van der Waals surface area contributed by atoms with Gasteiger partial charge in [-0.2, -0.15) is 0 Å². The van der Waals surface area contributed by atoms with Crippen molar-refractivity contribution < 1.29 is 0 Å². The molecular formula is C63H39N5. The number of hydrogen-bond acceptors (Lipinski definition) is 5. The molecule has 0 aliphatic rings. The van der Waals surface area contributed by atoms with E-state index in [9.17, 15) is 0 Å². The van der Waals surface area contributed by atoms with Gasteiger partial charge in [-0.25, -0.2) is 24.9 Å². The van der Waals surface area contributed by atoms with Gasteiger partial charge in [0.2, 0.25) is 0 Å². The van der Waals surface area contributed by atoms with Gasteiger partial charge in [-0.15, -0.1) is 0 Å². The molecule has 0 amide bonds. The first-order valence-electron chi connectivity index (χ1n) is 22.9. The highest BCUT2D eigenvalue weighted by Crippen LogP contribution is 2.39. The number of pyridine rings is 1. The Morgan fingerprint density at radius 3 is 1.31 bits per heavy atom. The first kappa shape index (κ1) is 39.2. The molecule has 0 unspecified atom stereocenters. The number of para-hydroxylation sites is 2. The van der Waals surface area contributed by atoms with E-state index in [-0.39, 0.29) is 0 Å². The topological polar surface area (TPSA) is 64.5 Å². The predicted octanol–water partition coefficient (Wildman–Crippen LogP) is 16.1. The Kier molecular flexibility index (Phi) is 9.43. The number of aromatic nitrogens is 5. The van der Waals surface area contributed by atoms with Crippen molar-refractivity contribution in [1.82, 2.24) is 24.9 Å². The third-order valence-corrected chi connectivity index (χ3v) is 13.1. The van der Waals surface area contributed by atoms with Crippen LogP contribution in [-0.4, -0.2) is 24.9 Å². The second kappa shape index (κ2) is 16.4. The largest absolute Gasteiger partial charge is 0.247 e. The Bertz CT molecular complexity index is 4060. The van der Waals surface area contributed by atoms with Crippen LogP contribution >= 0.6 is 0 Å². The van der Waals surface area contributed by atoms with Gasteiger partial charge in [0, 0.05) is 54.7 Å². The molecule has 68 heavy (non-hydrogen) atoms. The number of benzene rings is 10. The van der Waals surface area contributed by atoms with Crippen molar-refractivity contribution in [2.45, 2.75) is 0 Å². The van der Waals surface area contributed by atoms with E-state index in [1.54, 1.807) is 0 Å². The quantitative estimate of drug-likeness (QED) is 0.149. The Morgan fingerprint density at radius 2 is 0.647 bits per heavy atom. The van der Waals surface area contributed by atoms with Crippen molar-refractivity contribution in [1.29, 1.82) is 0 Å². The van der Waals surface area contributed by atoms with E-state index >= 15 is 0 Å². The molecule has 3 heterocycles. The average Bonchev–Trinajstić information content (AvgIpc) is 3.42. The Hall–Kier alpha value is -9.19. The van der Waals surface area contributed by atoms with E-state index in [2.05, 4.69) is 200 Å². The number of fused-ring (bicyclic) bond motifs is 7. The van der Waals surface area contributed by atoms with Gasteiger partial charge in [-0.05, 0) is 69.4 Å². The molecule has 10 aromatic carbocycles. The van der Waals surface area contributed by atoms with Crippen LogP contribution in [0.1, 0.15) is 0 Å². The molecule has 0 N–H and O–H groups in total. The molecule has 5 nitrogen and oxygen atoms in total. The number of hydrogen-bond donors (Lipinski definition) is 0. The van der Waals surface area contributed by atoms with Crippen LogP contribution in [0.15, 0.2) is 237 Å². The van der Waals surface area contributed by atoms with Gasteiger partial charge in [0.25, 0.3) is 0 Å². The SMILES string of the molecule is c1ccc(-c2nc(-c3ccc(-c4cc(-c5ccc(-c6nc7ccccc7c7ccccc67)cc5)cc(-c5nc(-c6ccccc6)c6ccc7ccccc7c6n5)c4)cc3)c3ccccc3n2)cc1. The molecule has 0 bridgehead atoms. The summed E-state index contributed by atoms with van der Waals surface area (Å²) in [6.45, 7) is 0. The molecule has 0 atom stereocenters. The minimum Gasteiger partial charge on any atom is -0.247 e. The van der Waals surface area contributed by atoms with Crippen LogP contribution in [0.4, 0.5) is 0 Å². The highest BCUT2D eigenvalue weighted by molar-refractivity contribution is 6.11. The molecule has 0 radical (unpaired) electrons. The lowest BCUT2D eigenvalue weighted by Crippen LogP contribution is -1.97. The summed E-state index contributed by atoms with van der Waals surface area (Å²) in [4.78, 5) is 26.1. The van der Waals surface area contributed by atoms with E-state index in [0.29, 0.717) is 11.6 Å². The summed E-state index contributed by atoms with van der Waals surface area (Å²) in [7, 11) is 0. The Morgan fingerprint density at radius 1 is 0.206 bits per heavy atom. The normalized spacial score (nSPS) is 11.5. The molecule has 13 aromatic rings. The summed E-state index contributed by atoms with van der Waals surface area (Å²) in [6.07, 6.45) is 0. The maximum Gasteiger partial charge on any atom is 0.160 e. The van der Waals surface area contributed by atoms with Crippen molar-refractivity contribution in [2.24, 2.45) is 0 Å². The number of rotatable bonds is 7. The third kappa shape index (κ3) is 6.93. The fourth-order valence-electron chi connectivity index (χ4n) is 9.68. The smallest absolute Gasteiger partial charge is 0.160 e. The van der Waals surface area contributed by atoms with Crippen LogP contribution in [0.3, 0.4) is 0 Å². The first-order valence-corrected chi connectivity index (χ1v) is 22.9. The summed E-state index contributed by atoms with van der Waals surface area (Å²) < 4.78 is 0. The van der Waals surface area contributed by atoms with Gasteiger partial charge >= 0.3 is 0 Å². The van der Waals surface area contributed by atoms with Crippen LogP contribution in [0.5, 0.6) is 0 Å². The average molecular weight is 866 g/mol. The molecule has 0 aliphatic heterocycles. The molecule has 0 aliphatic carbocycles. The van der Waals surface area contributed by atoms with Gasteiger partial charge < -0.3 is 0 Å². The van der Waals surface area contributed by atoms with Crippen LogP contribution in [-0.2, 0) is 0 Å². The van der Waals surface area contributed by atoms with E-state index < -0.39 is 0 Å². The van der Waals surface area contributed by atoms with Crippen LogP contribution in [0, 0.1) is 0 Å². The summed E-state index contributed by atoms with van der Waals surface area (Å²) in [6, 6.07) is 82.9. The maximum atomic E-state index is 5.42. The van der Waals surface area contributed by atoms with Gasteiger partial charge in [0.05, 0.1) is 33.6 Å². The summed E-state index contributed by atoms with van der Waals surface area (Å²) in [5, 5.41) is 7.74. The van der Waals surface area contributed by atoms with Gasteiger partial charge in [0.15, 0.2) is 11.6 Å². The van der Waals surface area contributed by atoms with Crippen molar-refractivity contribution in [3.05, 3.63) is 237 Å². The molecule has 0 spiro atoms. The third-order valence-electron chi connectivity index (χ3n) is 13.1. The van der Waals surface area contributed by atoms with Crippen molar-refractivity contribution in [2.75, 3.05) is 0 Å². The minimum atomic E-state index is 0.664. The van der Waals surface area contributed by atoms with Crippen molar-refractivity contribution in [3.63, 3.8) is 0 Å². The monoisotopic (exact) mass is 865 g/mol. The highest BCUT2D eigenvalue weighted by Gasteiger charge is 2.18. The van der Waals surface area contributed by atoms with Crippen LogP contribution in [0.2, 0.25) is 0 Å². The zero-order chi connectivity index (χ0) is 45.0. The van der Waals surface area contributed by atoms with Crippen LogP contribution in [0.25, 0.3) is 133 Å². The molecule has 316 valence electrons. The van der Waals surface area contributed by atoms with E-state index in [1.807, 2.05) is 36.4 Å². The number of nitrogens with zero attached hydrogens (tertiary/aromatic N) is 5. The molecular weight excluding hydrogens is 827 g/mol.